The summed E-state index contributed by atoms with van der Waals surface area (Å²) in [7, 11) is 1.75. The number of guanidine groups is 1. The summed E-state index contributed by atoms with van der Waals surface area (Å²) in [5.74, 6) is 0.778. The Kier molecular flexibility index (Phi) is 6.12. The molecule has 26 heavy (non-hydrogen) atoms. The third-order valence-corrected chi connectivity index (χ3v) is 5.33. The maximum absolute atomic E-state index is 13.9. The Labute approximate surface area is 154 Å². The summed E-state index contributed by atoms with van der Waals surface area (Å²) < 4.78 is 19.0. The smallest absolute Gasteiger partial charge is 0.308 e. The minimum Gasteiger partial charge on any atom is -0.466 e. The molecule has 0 aromatic heterocycles. The van der Waals surface area contributed by atoms with Crippen molar-refractivity contribution in [1.82, 2.24) is 10.6 Å². The normalized spacial score (nSPS) is 28.3. The van der Waals surface area contributed by atoms with E-state index in [-0.39, 0.29) is 29.7 Å². The van der Waals surface area contributed by atoms with Crippen molar-refractivity contribution in [3.63, 3.8) is 0 Å². The molecule has 2 saturated carbocycles. The van der Waals surface area contributed by atoms with Crippen molar-refractivity contribution in [2.24, 2.45) is 10.9 Å². The van der Waals surface area contributed by atoms with Gasteiger partial charge in [-0.1, -0.05) is 18.2 Å². The van der Waals surface area contributed by atoms with Crippen LogP contribution in [0.4, 0.5) is 4.39 Å². The van der Waals surface area contributed by atoms with Crippen molar-refractivity contribution in [1.29, 1.82) is 0 Å². The lowest BCUT2D eigenvalue weighted by atomic mass is 9.86. The summed E-state index contributed by atoms with van der Waals surface area (Å²) in [4.78, 5) is 16.1. The van der Waals surface area contributed by atoms with Gasteiger partial charge in [0.25, 0.3) is 0 Å². The highest BCUT2D eigenvalue weighted by Crippen LogP contribution is 2.41. The fraction of sp³-hybridized carbons (Fsp3) is 0.600. The number of rotatable bonds is 5. The van der Waals surface area contributed by atoms with Crippen LogP contribution in [0.3, 0.4) is 0 Å². The third-order valence-electron chi connectivity index (χ3n) is 5.33. The van der Waals surface area contributed by atoms with Crippen LogP contribution in [0.25, 0.3) is 0 Å². The van der Waals surface area contributed by atoms with E-state index in [1.54, 1.807) is 13.1 Å². The molecule has 0 bridgehead atoms. The second-order valence-electron chi connectivity index (χ2n) is 7.13. The third kappa shape index (κ3) is 4.54. The molecule has 1 aromatic rings. The lowest BCUT2D eigenvalue weighted by Gasteiger charge is -2.29. The van der Waals surface area contributed by atoms with Gasteiger partial charge in [-0.05, 0) is 50.7 Å². The molecule has 142 valence electrons. The number of nitrogens with zero attached hydrogens (tertiary/aromatic N) is 1. The molecule has 0 saturated heterocycles. The molecular formula is C20H28FN3O2. The largest absolute Gasteiger partial charge is 0.466 e. The maximum Gasteiger partial charge on any atom is 0.308 e. The SMILES string of the molecule is CCOC(=O)C1CCC(NC(=NC)NC2CC2c2ccccc2F)CC1. The molecular weight excluding hydrogens is 333 g/mol. The molecule has 2 fully saturated rings. The predicted molar refractivity (Wildman–Crippen MR) is 99.6 cm³/mol. The van der Waals surface area contributed by atoms with Crippen molar-refractivity contribution in [3.05, 3.63) is 35.6 Å². The van der Waals surface area contributed by atoms with E-state index < -0.39 is 0 Å². The van der Waals surface area contributed by atoms with E-state index in [1.807, 2.05) is 19.1 Å². The Morgan fingerprint density at radius 3 is 2.62 bits per heavy atom. The number of nitrogens with one attached hydrogen (secondary N) is 2. The van der Waals surface area contributed by atoms with E-state index in [0.29, 0.717) is 12.6 Å². The van der Waals surface area contributed by atoms with Crippen LogP contribution >= 0.6 is 0 Å². The molecule has 0 heterocycles. The number of esters is 1. The molecule has 0 aliphatic heterocycles. The molecule has 3 rings (SSSR count). The van der Waals surface area contributed by atoms with Crippen LogP contribution in [0, 0.1) is 11.7 Å². The molecule has 0 spiro atoms. The fourth-order valence-corrected chi connectivity index (χ4v) is 3.75. The Morgan fingerprint density at radius 2 is 1.96 bits per heavy atom. The van der Waals surface area contributed by atoms with Gasteiger partial charge in [0.15, 0.2) is 5.96 Å². The summed E-state index contributed by atoms with van der Waals surface area (Å²) >= 11 is 0. The van der Waals surface area contributed by atoms with Gasteiger partial charge >= 0.3 is 5.97 Å². The first-order chi connectivity index (χ1) is 12.6. The van der Waals surface area contributed by atoms with Gasteiger partial charge in [-0.2, -0.15) is 0 Å². The molecule has 0 radical (unpaired) electrons. The number of aliphatic imine (C=N–C) groups is 1. The van der Waals surface area contributed by atoms with Crippen molar-refractivity contribution in [2.75, 3.05) is 13.7 Å². The van der Waals surface area contributed by atoms with Gasteiger partial charge in [0.1, 0.15) is 5.82 Å². The highest BCUT2D eigenvalue weighted by atomic mass is 19.1. The van der Waals surface area contributed by atoms with Gasteiger partial charge < -0.3 is 15.4 Å². The lowest BCUT2D eigenvalue weighted by molar-refractivity contribution is -0.149. The van der Waals surface area contributed by atoms with Crippen molar-refractivity contribution >= 4 is 11.9 Å². The minimum absolute atomic E-state index is 0.0249. The Bertz CT molecular complexity index is 656. The van der Waals surface area contributed by atoms with Gasteiger partial charge in [-0.25, -0.2) is 4.39 Å². The van der Waals surface area contributed by atoms with E-state index in [0.717, 1.165) is 43.6 Å². The molecule has 2 aliphatic rings. The first-order valence-corrected chi connectivity index (χ1v) is 9.53. The average molecular weight is 361 g/mol. The van der Waals surface area contributed by atoms with Crippen molar-refractivity contribution < 1.29 is 13.9 Å². The predicted octanol–water partition coefficient (Wildman–Crippen LogP) is 2.97. The van der Waals surface area contributed by atoms with Crippen molar-refractivity contribution in [3.8, 4) is 0 Å². The van der Waals surface area contributed by atoms with Crippen LogP contribution < -0.4 is 10.6 Å². The number of carbonyl (C=O) groups is 1. The number of ether oxygens (including phenoxy) is 1. The summed E-state index contributed by atoms with van der Waals surface area (Å²) in [6.45, 7) is 2.28. The molecule has 2 aliphatic carbocycles. The lowest BCUT2D eigenvalue weighted by Crippen LogP contribution is -2.46. The van der Waals surface area contributed by atoms with Gasteiger partial charge in [-0.15, -0.1) is 0 Å². The topological polar surface area (TPSA) is 62.7 Å². The van der Waals surface area contributed by atoms with Gasteiger partial charge in [0.05, 0.1) is 12.5 Å². The molecule has 6 heteroatoms. The van der Waals surface area contributed by atoms with Gasteiger partial charge in [0, 0.05) is 25.0 Å². The number of hydrogen-bond acceptors (Lipinski definition) is 3. The summed E-state index contributed by atoms with van der Waals surface area (Å²) in [5, 5.41) is 6.85. The van der Waals surface area contributed by atoms with Crippen LogP contribution in [0.15, 0.2) is 29.3 Å². The van der Waals surface area contributed by atoms with Crippen LogP contribution in [-0.4, -0.2) is 37.7 Å². The fourth-order valence-electron chi connectivity index (χ4n) is 3.75. The number of halogens is 1. The Balaban J connectivity index is 1.45. The highest BCUT2D eigenvalue weighted by Gasteiger charge is 2.40. The summed E-state index contributed by atoms with van der Waals surface area (Å²) in [5.41, 5.74) is 0.774. The minimum atomic E-state index is -0.137. The maximum atomic E-state index is 13.9. The van der Waals surface area contributed by atoms with Crippen LogP contribution in [0.1, 0.15) is 50.5 Å². The molecule has 1 aromatic carbocycles. The zero-order valence-corrected chi connectivity index (χ0v) is 15.5. The summed E-state index contributed by atoms with van der Waals surface area (Å²) in [6.07, 6.45) is 4.44. The number of carbonyl (C=O) groups excluding carboxylic acids is 1. The van der Waals surface area contributed by atoms with Crippen LogP contribution in [-0.2, 0) is 9.53 Å². The molecule has 2 unspecified atom stereocenters. The van der Waals surface area contributed by atoms with Gasteiger partial charge in [0.2, 0.25) is 0 Å². The van der Waals surface area contributed by atoms with Gasteiger partial charge in [-0.3, -0.25) is 9.79 Å². The quantitative estimate of drug-likeness (QED) is 0.481. The van der Waals surface area contributed by atoms with Crippen LogP contribution in [0.5, 0.6) is 0 Å². The van der Waals surface area contributed by atoms with Crippen LogP contribution in [0.2, 0.25) is 0 Å². The first kappa shape index (κ1) is 18.7. The molecule has 2 N–H and O–H groups in total. The van der Waals surface area contributed by atoms with E-state index in [4.69, 9.17) is 4.74 Å². The van der Waals surface area contributed by atoms with Crippen molar-refractivity contribution in [2.45, 2.75) is 57.0 Å². The zero-order chi connectivity index (χ0) is 18.5. The second-order valence-corrected chi connectivity index (χ2v) is 7.13. The highest BCUT2D eigenvalue weighted by molar-refractivity contribution is 5.81. The number of hydrogen-bond donors (Lipinski definition) is 2. The van der Waals surface area contributed by atoms with E-state index in [2.05, 4.69) is 15.6 Å². The Hall–Kier alpha value is -2.11. The first-order valence-electron chi connectivity index (χ1n) is 9.53. The van der Waals surface area contributed by atoms with E-state index >= 15 is 0 Å². The molecule has 2 atom stereocenters. The standard InChI is InChI=1S/C20H28FN3O2/c1-3-26-19(25)13-8-10-14(11-9-13)23-20(22-2)24-18-12-16(18)15-6-4-5-7-17(15)21/h4-7,13-14,16,18H,3,8-12H2,1-2H3,(H2,22,23,24). The second kappa shape index (κ2) is 8.52. The monoisotopic (exact) mass is 361 g/mol. The average Bonchev–Trinajstić information content (AvgIpc) is 3.41. The van der Waals surface area contributed by atoms with E-state index in [1.165, 1.54) is 6.07 Å². The number of benzene rings is 1. The van der Waals surface area contributed by atoms with E-state index in [9.17, 15) is 9.18 Å². The molecule has 0 amide bonds. The summed E-state index contributed by atoms with van der Waals surface area (Å²) in [6, 6.07) is 7.49. The molecule has 5 nitrogen and oxygen atoms in total. The Morgan fingerprint density at radius 1 is 1.23 bits per heavy atom. The zero-order valence-electron chi connectivity index (χ0n) is 15.5.